The highest BCUT2D eigenvalue weighted by Gasteiger charge is 2.25. The first-order valence-corrected chi connectivity index (χ1v) is 9.92. The Morgan fingerprint density at radius 3 is 2.52 bits per heavy atom. The number of halogens is 1. The summed E-state index contributed by atoms with van der Waals surface area (Å²) < 4.78 is 5.67. The number of benzene rings is 2. The molecule has 0 bridgehead atoms. The fraction of sp³-hybridized carbons (Fsp3) is 0.318. The van der Waals surface area contributed by atoms with Crippen LogP contribution in [0.2, 0.25) is 5.02 Å². The minimum Gasteiger partial charge on any atom is -0.493 e. The fourth-order valence-corrected chi connectivity index (χ4v) is 2.79. The molecular formula is C22H26ClN3O3. The van der Waals surface area contributed by atoms with Gasteiger partial charge in [0.25, 0.3) is 11.8 Å². The van der Waals surface area contributed by atoms with Crippen LogP contribution in [0.1, 0.15) is 43.1 Å². The van der Waals surface area contributed by atoms with Crippen LogP contribution in [-0.4, -0.2) is 30.7 Å². The molecule has 0 aliphatic heterocycles. The van der Waals surface area contributed by atoms with Crippen LogP contribution in [0.25, 0.3) is 0 Å². The summed E-state index contributed by atoms with van der Waals surface area (Å²) in [5.74, 6) is -0.271. The minimum atomic E-state index is -0.762. The third-order valence-corrected chi connectivity index (χ3v) is 4.44. The Balaban J connectivity index is 2.04. The number of nitrogens with one attached hydrogen (secondary N) is 2. The Morgan fingerprint density at radius 2 is 1.83 bits per heavy atom. The second-order valence-electron chi connectivity index (χ2n) is 6.80. The fourth-order valence-electron chi connectivity index (χ4n) is 2.56. The van der Waals surface area contributed by atoms with E-state index in [2.05, 4.69) is 15.8 Å². The SMILES string of the molecule is CCCOc1ccccc1C=NNC(=O)C(NC(=O)c1ccccc1Cl)C(C)C. The molecule has 0 radical (unpaired) electrons. The molecule has 2 N–H and O–H groups in total. The second-order valence-corrected chi connectivity index (χ2v) is 7.20. The Morgan fingerprint density at radius 1 is 1.14 bits per heavy atom. The number of ether oxygens (including phenoxy) is 1. The lowest BCUT2D eigenvalue weighted by Gasteiger charge is -2.20. The second kappa shape index (κ2) is 11.2. The first kappa shape index (κ1) is 22.4. The average Bonchev–Trinajstić information content (AvgIpc) is 2.71. The topological polar surface area (TPSA) is 79.8 Å². The van der Waals surface area contributed by atoms with Crippen molar-refractivity contribution in [1.82, 2.24) is 10.7 Å². The first-order valence-electron chi connectivity index (χ1n) is 9.54. The Hall–Kier alpha value is -2.86. The quantitative estimate of drug-likeness (QED) is 0.479. The van der Waals surface area contributed by atoms with Crippen LogP contribution in [0, 0.1) is 5.92 Å². The molecule has 2 aromatic carbocycles. The maximum Gasteiger partial charge on any atom is 0.262 e. The summed E-state index contributed by atoms with van der Waals surface area (Å²) in [5, 5.41) is 7.08. The van der Waals surface area contributed by atoms with Gasteiger partial charge in [0.05, 0.1) is 23.4 Å². The number of amides is 2. The van der Waals surface area contributed by atoms with E-state index >= 15 is 0 Å². The molecule has 154 valence electrons. The van der Waals surface area contributed by atoms with Crippen LogP contribution in [-0.2, 0) is 4.79 Å². The molecule has 2 amide bonds. The number of carbonyl (C=O) groups excluding carboxylic acids is 2. The normalized spacial score (nSPS) is 12.0. The van der Waals surface area contributed by atoms with E-state index in [9.17, 15) is 9.59 Å². The number of nitrogens with zero attached hydrogens (tertiary/aromatic N) is 1. The van der Waals surface area contributed by atoms with Gasteiger partial charge in [-0.2, -0.15) is 5.10 Å². The summed E-state index contributed by atoms with van der Waals surface area (Å²) >= 11 is 6.07. The first-order chi connectivity index (χ1) is 13.9. The van der Waals surface area contributed by atoms with Gasteiger partial charge in [-0.25, -0.2) is 5.43 Å². The average molecular weight is 416 g/mol. The summed E-state index contributed by atoms with van der Waals surface area (Å²) in [6, 6.07) is 13.4. The number of hydrogen-bond acceptors (Lipinski definition) is 4. The predicted octanol–water partition coefficient (Wildman–Crippen LogP) is 4.03. The molecule has 6 nitrogen and oxygen atoms in total. The molecule has 0 aromatic heterocycles. The van der Waals surface area contributed by atoms with E-state index in [0.29, 0.717) is 22.9 Å². The van der Waals surface area contributed by atoms with Crippen molar-refractivity contribution >= 4 is 29.6 Å². The van der Waals surface area contributed by atoms with Gasteiger partial charge in [0.15, 0.2) is 0 Å². The Bertz CT molecular complexity index is 868. The molecule has 29 heavy (non-hydrogen) atoms. The molecule has 0 heterocycles. The lowest BCUT2D eigenvalue weighted by atomic mass is 10.0. The molecule has 7 heteroatoms. The molecule has 2 aromatic rings. The number of para-hydroxylation sites is 1. The van der Waals surface area contributed by atoms with E-state index < -0.39 is 17.9 Å². The standard InChI is InChI=1S/C22H26ClN3O3/c1-4-13-29-19-12-8-5-9-16(19)14-24-26-22(28)20(15(2)3)25-21(27)17-10-6-7-11-18(17)23/h5-12,14-15,20H,4,13H2,1-3H3,(H,25,27)(H,26,28). The van der Waals surface area contributed by atoms with Crippen LogP contribution >= 0.6 is 11.6 Å². The molecule has 0 fully saturated rings. The maximum absolute atomic E-state index is 12.6. The zero-order valence-electron chi connectivity index (χ0n) is 16.8. The number of hydrazone groups is 1. The largest absolute Gasteiger partial charge is 0.493 e. The third-order valence-electron chi connectivity index (χ3n) is 4.11. The zero-order chi connectivity index (χ0) is 21.2. The molecule has 0 spiro atoms. The lowest BCUT2D eigenvalue weighted by molar-refractivity contribution is -0.123. The highest BCUT2D eigenvalue weighted by Crippen LogP contribution is 2.17. The molecule has 0 saturated carbocycles. The van der Waals surface area contributed by atoms with Gasteiger partial charge in [-0.05, 0) is 36.6 Å². The summed E-state index contributed by atoms with van der Waals surface area (Å²) in [5.41, 5.74) is 3.56. The predicted molar refractivity (Wildman–Crippen MR) is 116 cm³/mol. The van der Waals surface area contributed by atoms with E-state index in [1.165, 1.54) is 6.21 Å². The smallest absolute Gasteiger partial charge is 0.262 e. The van der Waals surface area contributed by atoms with Crippen molar-refractivity contribution in [2.24, 2.45) is 11.0 Å². The molecule has 0 aliphatic carbocycles. The van der Waals surface area contributed by atoms with E-state index in [-0.39, 0.29) is 5.92 Å². The molecule has 0 aliphatic rings. The third kappa shape index (κ3) is 6.61. The monoisotopic (exact) mass is 415 g/mol. The van der Waals surface area contributed by atoms with Gasteiger partial charge in [-0.1, -0.05) is 56.6 Å². The summed E-state index contributed by atoms with van der Waals surface area (Å²) in [4.78, 5) is 25.1. The van der Waals surface area contributed by atoms with Gasteiger partial charge in [0.1, 0.15) is 11.8 Å². The maximum atomic E-state index is 12.6. The molecule has 2 rings (SSSR count). The summed E-state index contributed by atoms with van der Waals surface area (Å²) in [7, 11) is 0. The minimum absolute atomic E-state index is 0.142. The van der Waals surface area contributed by atoms with Gasteiger partial charge >= 0.3 is 0 Å². The van der Waals surface area contributed by atoms with Crippen LogP contribution in [0.3, 0.4) is 0 Å². The number of carbonyl (C=O) groups is 2. The molecular weight excluding hydrogens is 390 g/mol. The van der Waals surface area contributed by atoms with Crippen LogP contribution in [0.15, 0.2) is 53.6 Å². The van der Waals surface area contributed by atoms with E-state index in [4.69, 9.17) is 16.3 Å². The number of hydrogen-bond donors (Lipinski definition) is 2. The highest BCUT2D eigenvalue weighted by atomic mass is 35.5. The summed E-state index contributed by atoms with van der Waals surface area (Å²) in [6.45, 7) is 6.31. The van der Waals surface area contributed by atoms with Crippen molar-refractivity contribution < 1.29 is 14.3 Å². The number of rotatable bonds is 9. The van der Waals surface area contributed by atoms with Crippen LogP contribution < -0.4 is 15.5 Å². The van der Waals surface area contributed by atoms with Crippen molar-refractivity contribution in [2.75, 3.05) is 6.61 Å². The van der Waals surface area contributed by atoms with Gasteiger partial charge in [0, 0.05) is 5.56 Å². The van der Waals surface area contributed by atoms with E-state index in [1.807, 2.05) is 45.0 Å². The lowest BCUT2D eigenvalue weighted by Crippen LogP contribution is -2.48. The van der Waals surface area contributed by atoms with Crippen molar-refractivity contribution in [3.63, 3.8) is 0 Å². The Labute approximate surface area is 176 Å². The van der Waals surface area contributed by atoms with Crippen molar-refractivity contribution in [3.8, 4) is 5.75 Å². The van der Waals surface area contributed by atoms with Crippen LogP contribution in [0.5, 0.6) is 5.75 Å². The van der Waals surface area contributed by atoms with Crippen molar-refractivity contribution in [2.45, 2.75) is 33.2 Å². The van der Waals surface area contributed by atoms with Gasteiger partial charge in [0.2, 0.25) is 0 Å². The summed E-state index contributed by atoms with van der Waals surface area (Å²) in [6.07, 6.45) is 2.42. The molecule has 0 saturated heterocycles. The van der Waals surface area contributed by atoms with Gasteiger partial charge < -0.3 is 10.1 Å². The molecule has 1 unspecified atom stereocenters. The molecule has 1 atom stereocenters. The van der Waals surface area contributed by atoms with Crippen molar-refractivity contribution in [3.05, 3.63) is 64.7 Å². The van der Waals surface area contributed by atoms with Crippen LogP contribution in [0.4, 0.5) is 0 Å². The highest BCUT2D eigenvalue weighted by molar-refractivity contribution is 6.33. The van der Waals surface area contributed by atoms with Gasteiger partial charge in [-0.15, -0.1) is 0 Å². The van der Waals surface area contributed by atoms with Crippen molar-refractivity contribution in [1.29, 1.82) is 0 Å². The van der Waals surface area contributed by atoms with Gasteiger partial charge in [-0.3, -0.25) is 9.59 Å². The zero-order valence-corrected chi connectivity index (χ0v) is 17.6. The Kier molecular flexibility index (Phi) is 8.68. The van der Waals surface area contributed by atoms with E-state index in [1.54, 1.807) is 24.3 Å². The van der Waals surface area contributed by atoms with E-state index in [0.717, 1.165) is 12.0 Å².